The predicted octanol–water partition coefficient (Wildman–Crippen LogP) is 5.94. The molecule has 4 nitrogen and oxygen atoms in total. The maximum Gasteiger partial charge on any atom is 0.257 e. The molecule has 180 valence electrons. The largest absolute Gasteiger partial charge is 0.294 e. The van der Waals surface area contributed by atoms with E-state index < -0.39 is 0 Å². The highest BCUT2D eigenvalue weighted by atomic mass is 16.2. The number of hydrogen-bond donors (Lipinski definition) is 0. The average Bonchev–Trinajstić information content (AvgIpc) is 3.34. The van der Waals surface area contributed by atoms with Crippen LogP contribution in [-0.4, -0.2) is 41.2 Å². The van der Waals surface area contributed by atoms with Crippen LogP contribution in [0.3, 0.4) is 0 Å². The minimum atomic E-state index is -0.0454. The Morgan fingerprint density at radius 2 is 1.57 bits per heavy atom. The van der Waals surface area contributed by atoms with Crippen molar-refractivity contribution in [3.63, 3.8) is 0 Å². The topological polar surface area (TPSA) is 35.9 Å². The van der Waals surface area contributed by atoms with Crippen LogP contribution < -0.4 is 0 Å². The van der Waals surface area contributed by atoms with Gasteiger partial charge in [0.25, 0.3) is 5.91 Å². The van der Waals surface area contributed by atoms with Crippen LogP contribution in [0.4, 0.5) is 0 Å². The van der Waals surface area contributed by atoms with E-state index in [1.807, 2.05) is 18.2 Å². The van der Waals surface area contributed by atoms with E-state index in [-0.39, 0.29) is 11.9 Å². The molecule has 2 heterocycles. The van der Waals surface area contributed by atoms with Gasteiger partial charge < -0.3 is 0 Å². The molecule has 5 rings (SSSR count). The van der Waals surface area contributed by atoms with Gasteiger partial charge in [0.05, 0.1) is 18.3 Å². The van der Waals surface area contributed by atoms with Gasteiger partial charge in [0.2, 0.25) is 0 Å². The van der Waals surface area contributed by atoms with E-state index in [0.717, 1.165) is 55.6 Å². The predicted molar refractivity (Wildman–Crippen MR) is 142 cm³/mol. The molecule has 0 aromatic heterocycles. The molecule has 1 atom stereocenters. The molecule has 0 unspecified atom stereocenters. The van der Waals surface area contributed by atoms with Crippen LogP contribution in [0, 0.1) is 19.8 Å². The number of carbonyl (C=O) groups excluding carboxylic acids is 1. The van der Waals surface area contributed by atoms with Gasteiger partial charge in [0, 0.05) is 6.42 Å². The molecule has 1 saturated heterocycles. The summed E-state index contributed by atoms with van der Waals surface area (Å²) >= 11 is 0. The Morgan fingerprint density at radius 3 is 2.26 bits per heavy atom. The lowest BCUT2D eigenvalue weighted by atomic mass is 9.90. The fourth-order valence-corrected chi connectivity index (χ4v) is 5.33. The zero-order chi connectivity index (χ0) is 24.2. The molecule has 1 amide bonds. The summed E-state index contributed by atoms with van der Waals surface area (Å²) in [6.07, 6.45) is 4.16. The SMILES string of the molecule is Cc1ccc(C2=NN(C(=O)CN3CCC(Cc4ccccc4)CC3)[C@H](c3ccccc3)C2)cc1C. The Hall–Kier alpha value is -3.24. The quantitative estimate of drug-likeness (QED) is 0.452. The molecule has 4 heteroatoms. The molecule has 35 heavy (non-hydrogen) atoms. The Morgan fingerprint density at radius 1 is 0.886 bits per heavy atom. The van der Waals surface area contributed by atoms with E-state index in [1.165, 1.54) is 16.7 Å². The number of hydrogen-bond acceptors (Lipinski definition) is 3. The highest BCUT2D eigenvalue weighted by Gasteiger charge is 2.34. The first-order valence-corrected chi connectivity index (χ1v) is 12.8. The maximum absolute atomic E-state index is 13.5. The third-order valence-electron chi connectivity index (χ3n) is 7.62. The van der Waals surface area contributed by atoms with Crippen LogP contribution >= 0.6 is 0 Å². The van der Waals surface area contributed by atoms with Crippen molar-refractivity contribution in [3.8, 4) is 0 Å². The van der Waals surface area contributed by atoms with Gasteiger partial charge in [-0.2, -0.15) is 5.10 Å². The van der Waals surface area contributed by atoms with Crippen molar-refractivity contribution in [1.82, 2.24) is 9.91 Å². The number of carbonyl (C=O) groups is 1. The van der Waals surface area contributed by atoms with E-state index in [1.54, 1.807) is 5.01 Å². The third kappa shape index (κ3) is 5.54. The fraction of sp³-hybridized carbons (Fsp3) is 0.355. The van der Waals surface area contributed by atoms with E-state index in [2.05, 4.69) is 79.4 Å². The molecule has 2 aliphatic heterocycles. The lowest BCUT2D eigenvalue weighted by Crippen LogP contribution is -2.42. The molecule has 0 radical (unpaired) electrons. The number of nitrogens with zero attached hydrogens (tertiary/aromatic N) is 3. The van der Waals surface area contributed by atoms with Gasteiger partial charge in [-0.1, -0.05) is 72.8 Å². The van der Waals surface area contributed by atoms with Gasteiger partial charge in [-0.05, 0) is 86.0 Å². The molecular weight excluding hydrogens is 430 g/mol. The Labute approximate surface area is 209 Å². The van der Waals surface area contributed by atoms with Crippen LogP contribution in [0.1, 0.15) is 53.1 Å². The van der Waals surface area contributed by atoms with Crippen LogP contribution in [0.15, 0.2) is 84.0 Å². The lowest BCUT2D eigenvalue weighted by Gasteiger charge is -2.33. The number of amides is 1. The standard InChI is InChI=1S/C31H35N3O/c1-23-13-14-28(19-24(23)2)29-21-30(27-11-7-4-8-12-27)34(32-29)31(35)22-33-17-15-26(16-18-33)20-25-9-5-3-6-10-25/h3-14,19,26,30H,15-18,20-22H2,1-2H3/t30-/m0/s1. The van der Waals surface area contributed by atoms with Crippen molar-refractivity contribution in [2.75, 3.05) is 19.6 Å². The first-order chi connectivity index (χ1) is 17.1. The average molecular weight is 466 g/mol. The molecule has 2 aliphatic rings. The maximum atomic E-state index is 13.5. The number of benzene rings is 3. The summed E-state index contributed by atoms with van der Waals surface area (Å²) in [5.74, 6) is 0.793. The molecule has 1 fully saturated rings. The van der Waals surface area contributed by atoms with Crippen molar-refractivity contribution >= 4 is 11.6 Å². The number of piperidine rings is 1. The first-order valence-electron chi connectivity index (χ1n) is 12.8. The number of aryl methyl sites for hydroxylation is 2. The van der Waals surface area contributed by atoms with E-state index in [0.29, 0.717) is 12.5 Å². The van der Waals surface area contributed by atoms with Gasteiger partial charge in [-0.25, -0.2) is 5.01 Å². The lowest BCUT2D eigenvalue weighted by molar-refractivity contribution is -0.134. The zero-order valence-electron chi connectivity index (χ0n) is 20.9. The number of rotatable bonds is 6. The minimum Gasteiger partial charge on any atom is -0.294 e. The second-order valence-electron chi connectivity index (χ2n) is 10.1. The van der Waals surface area contributed by atoms with Crippen LogP contribution in [0.5, 0.6) is 0 Å². The van der Waals surface area contributed by atoms with Crippen molar-refractivity contribution < 1.29 is 4.79 Å². The smallest absolute Gasteiger partial charge is 0.257 e. The molecule has 3 aromatic carbocycles. The van der Waals surface area contributed by atoms with E-state index in [9.17, 15) is 4.79 Å². The summed E-state index contributed by atoms with van der Waals surface area (Å²) in [6.45, 7) is 6.64. The minimum absolute atomic E-state index is 0.0454. The van der Waals surface area contributed by atoms with Gasteiger partial charge >= 0.3 is 0 Å². The van der Waals surface area contributed by atoms with Crippen molar-refractivity contribution in [2.24, 2.45) is 11.0 Å². The van der Waals surface area contributed by atoms with E-state index in [4.69, 9.17) is 5.10 Å². The molecule has 0 saturated carbocycles. The summed E-state index contributed by atoms with van der Waals surface area (Å²) in [4.78, 5) is 15.9. The Kier molecular flexibility index (Phi) is 7.10. The van der Waals surface area contributed by atoms with Crippen LogP contribution in [-0.2, 0) is 11.2 Å². The summed E-state index contributed by atoms with van der Waals surface area (Å²) < 4.78 is 0. The third-order valence-corrected chi connectivity index (χ3v) is 7.62. The zero-order valence-corrected chi connectivity index (χ0v) is 20.9. The van der Waals surface area contributed by atoms with Crippen molar-refractivity contribution in [1.29, 1.82) is 0 Å². The summed E-state index contributed by atoms with van der Waals surface area (Å²) in [5, 5.41) is 6.66. The van der Waals surface area contributed by atoms with Gasteiger partial charge in [0.15, 0.2) is 0 Å². The van der Waals surface area contributed by atoms with Crippen LogP contribution in [0.25, 0.3) is 0 Å². The molecular formula is C31H35N3O. The Balaban J connectivity index is 1.27. The summed E-state index contributed by atoms with van der Waals surface area (Å²) in [6, 6.07) is 27.5. The van der Waals surface area contributed by atoms with Crippen molar-refractivity contribution in [3.05, 3.63) is 107 Å². The summed E-state index contributed by atoms with van der Waals surface area (Å²) in [7, 11) is 0. The summed E-state index contributed by atoms with van der Waals surface area (Å²) in [5.41, 5.74) is 7.20. The van der Waals surface area contributed by atoms with Crippen molar-refractivity contribution in [2.45, 2.75) is 45.6 Å². The highest BCUT2D eigenvalue weighted by Crippen LogP contribution is 2.33. The van der Waals surface area contributed by atoms with Gasteiger partial charge in [0.1, 0.15) is 0 Å². The molecule has 0 bridgehead atoms. The normalized spacial score (nSPS) is 19.1. The van der Waals surface area contributed by atoms with Gasteiger partial charge in [-0.15, -0.1) is 0 Å². The number of hydrazone groups is 1. The second-order valence-corrected chi connectivity index (χ2v) is 10.1. The first kappa shape index (κ1) is 23.5. The molecule has 0 N–H and O–H groups in total. The fourth-order valence-electron chi connectivity index (χ4n) is 5.33. The molecule has 3 aromatic rings. The number of likely N-dealkylation sites (tertiary alicyclic amines) is 1. The second kappa shape index (κ2) is 10.6. The van der Waals surface area contributed by atoms with Gasteiger partial charge in [-0.3, -0.25) is 9.69 Å². The van der Waals surface area contributed by atoms with Crippen LogP contribution in [0.2, 0.25) is 0 Å². The highest BCUT2D eigenvalue weighted by molar-refractivity contribution is 6.03. The Bertz CT molecular complexity index is 1180. The monoisotopic (exact) mass is 465 g/mol. The molecule has 0 spiro atoms. The molecule has 0 aliphatic carbocycles. The van der Waals surface area contributed by atoms with E-state index >= 15 is 0 Å².